The van der Waals surface area contributed by atoms with E-state index in [9.17, 15) is 4.39 Å². The standard InChI is InChI=1S/C24H32FN7/c1-16(25)12-18(13-26-2)21-15-31-23(28-4)22(27-3)24(32-21)29-11-7-8-17-14-30-20-10-6-5-9-19(17)20/h5-6,9-10,12-14,26-27,29-30H,7-8,11,15H2,1-4H3,(H,28,31)/b16-12+,18-13+. The summed E-state index contributed by atoms with van der Waals surface area (Å²) in [6, 6.07) is 8.33. The number of nitrogens with zero attached hydrogens (tertiary/aromatic N) is 2. The van der Waals surface area contributed by atoms with Crippen molar-refractivity contribution in [2.24, 2.45) is 9.98 Å². The van der Waals surface area contributed by atoms with Gasteiger partial charge in [0.05, 0.1) is 18.1 Å². The van der Waals surface area contributed by atoms with Crippen LogP contribution in [0.1, 0.15) is 18.9 Å². The average Bonchev–Trinajstić information content (AvgIpc) is 3.10. The first-order valence-electron chi connectivity index (χ1n) is 10.8. The first-order chi connectivity index (χ1) is 15.6. The molecule has 1 aliphatic heterocycles. The second kappa shape index (κ2) is 11.2. The van der Waals surface area contributed by atoms with Crippen LogP contribution in [0.5, 0.6) is 0 Å². The van der Waals surface area contributed by atoms with Crippen LogP contribution in [0, 0.1) is 0 Å². The van der Waals surface area contributed by atoms with Gasteiger partial charge < -0.3 is 26.3 Å². The van der Waals surface area contributed by atoms with Crippen molar-refractivity contribution in [2.45, 2.75) is 19.8 Å². The second-order valence-corrected chi connectivity index (χ2v) is 7.46. The van der Waals surface area contributed by atoms with Gasteiger partial charge in [-0.25, -0.2) is 9.38 Å². The van der Waals surface area contributed by atoms with Crippen LogP contribution in [-0.4, -0.2) is 50.8 Å². The minimum absolute atomic E-state index is 0.290. The van der Waals surface area contributed by atoms with Gasteiger partial charge in [0.15, 0.2) is 5.82 Å². The largest absolute Gasteiger partial charge is 0.393 e. The number of hydrogen-bond acceptors (Lipinski definition) is 6. The Labute approximate surface area is 188 Å². The molecule has 1 aromatic heterocycles. The van der Waals surface area contributed by atoms with Crippen LogP contribution in [0.25, 0.3) is 10.9 Å². The molecule has 8 heteroatoms. The molecular formula is C24H32FN7. The lowest BCUT2D eigenvalue weighted by Gasteiger charge is -2.14. The van der Waals surface area contributed by atoms with Crippen molar-refractivity contribution < 1.29 is 4.39 Å². The number of aromatic nitrogens is 1. The third-order valence-electron chi connectivity index (χ3n) is 5.17. The van der Waals surface area contributed by atoms with E-state index >= 15 is 0 Å². The number of halogens is 1. The van der Waals surface area contributed by atoms with Gasteiger partial charge in [0.25, 0.3) is 0 Å². The summed E-state index contributed by atoms with van der Waals surface area (Å²) in [6.45, 7) is 2.48. The number of likely N-dealkylation sites (N-methyl/N-ethyl adjacent to an activating group) is 2. The lowest BCUT2D eigenvalue weighted by atomic mass is 10.1. The number of nitrogens with one attached hydrogen (secondary N) is 5. The maximum absolute atomic E-state index is 13.7. The minimum atomic E-state index is -0.290. The maximum Gasteiger partial charge on any atom is 0.153 e. The molecule has 0 unspecified atom stereocenters. The summed E-state index contributed by atoms with van der Waals surface area (Å²) in [5.41, 5.74) is 4.56. The Morgan fingerprint density at radius 1 is 1.19 bits per heavy atom. The van der Waals surface area contributed by atoms with Gasteiger partial charge in [0.1, 0.15) is 11.5 Å². The Kier molecular flexibility index (Phi) is 8.08. The zero-order chi connectivity index (χ0) is 22.9. The van der Waals surface area contributed by atoms with E-state index < -0.39 is 0 Å². The van der Waals surface area contributed by atoms with Gasteiger partial charge in [-0.05, 0) is 37.5 Å². The van der Waals surface area contributed by atoms with E-state index in [-0.39, 0.29) is 5.83 Å². The topological polar surface area (TPSA) is 88.6 Å². The van der Waals surface area contributed by atoms with Crippen molar-refractivity contribution in [3.8, 4) is 0 Å². The van der Waals surface area contributed by atoms with Crippen molar-refractivity contribution in [2.75, 3.05) is 34.2 Å². The van der Waals surface area contributed by atoms with Crippen molar-refractivity contribution in [3.63, 3.8) is 0 Å². The molecule has 1 aromatic carbocycles. The fraction of sp³-hybridized carbons (Fsp3) is 0.333. The van der Waals surface area contributed by atoms with E-state index in [0.717, 1.165) is 30.6 Å². The Bertz CT molecular complexity index is 1080. The minimum Gasteiger partial charge on any atom is -0.393 e. The molecule has 7 nitrogen and oxygen atoms in total. The number of amidine groups is 1. The average molecular weight is 438 g/mol. The molecule has 0 aliphatic carbocycles. The predicted octanol–water partition coefficient (Wildman–Crippen LogP) is 3.13. The molecule has 1 aliphatic rings. The predicted molar refractivity (Wildman–Crippen MR) is 132 cm³/mol. The van der Waals surface area contributed by atoms with Gasteiger partial charge in [-0.3, -0.25) is 4.99 Å². The summed E-state index contributed by atoms with van der Waals surface area (Å²) in [6.07, 6.45) is 7.15. The summed E-state index contributed by atoms with van der Waals surface area (Å²) >= 11 is 0. The zero-order valence-corrected chi connectivity index (χ0v) is 19.1. The van der Waals surface area contributed by atoms with E-state index in [2.05, 4.69) is 55.6 Å². The first kappa shape index (κ1) is 23.1. The number of benzene rings is 1. The normalized spacial score (nSPS) is 15.3. The number of para-hydroxylation sites is 1. The molecule has 0 radical (unpaired) electrons. The van der Waals surface area contributed by atoms with E-state index in [4.69, 9.17) is 4.99 Å². The molecule has 0 bridgehead atoms. The molecule has 0 amide bonds. The Morgan fingerprint density at radius 3 is 2.72 bits per heavy atom. The third-order valence-corrected chi connectivity index (χ3v) is 5.17. The number of aryl methyl sites for hydroxylation is 1. The SMILES string of the molecule is CN/C=C(\C=C(/C)F)C1=NC(NCCCc2c[nH]c3ccccc23)=C(NC)C(NC)=NC1. The molecule has 0 saturated heterocycles. The number of aliphatic imine (C=N–C) groups is 2. The van der Waals surface area contributed by atoms with E-state index in [0.29, 0.717) is 29.5 Å². The van der Waals surface area contributed by atoms with Gasteiger partial charge >= 0.3 is 0 Å². The molecule has 0 spiro atoms. The number of H-pyrrole nitrogens is 1. The van der Waals surface area contributed by atoms with Crippen LogP contribution in [0.2, 0.25) is 0 Å². The summed E-state index contributed by atoms with van der Waals surface area (Å²) in [7, 11) is 5.44. The van der Waals surface area contributed by atoms with E-state index in [1.807, 2.05) is 20.2 Å². The van der Waals surface area contributed by atoms with Crippen LogP contribution in [-0.2, 0) is 6.42 Å². The summed E-state index contributed by atoms with van der Waals surface area (Å²) in [5.74, 6) is 1.09. The van der Waals surface area contributed by atoms with Gasteiger partial charge in [-0.1, -0.05) is 18.2 Å². The molecule has 0 saturated carbocycles. The molecule has 5 N–H and O–H groups in total. The summed E-state index contributed by atoms with van der Waals surface area (Å²) < 4.78 is 13.7. The molecule has 170 valence electrons. The first-order valence-corrected chi connectivity index (χ1v) is 10.8. The monoisotopic (exact) mass is 437 g/mol. The fourth-order valence-electron chi connectivity index (χ4n) is 3.70. The highest BCUT2D eigenvalue weighted by Gasteiger charge is 2.18. The smallest absolute Gasteiger partial charge is 0.153 e. The highest BCUT2D eigenvalue weighted by atomic mass is 19.1. The van der Waals surface area contributed by atoms with Gasteiger partial charge in [-0.2, -0.15) is 0 Å². The molecule has 2 heterocycles. The van der Waals surface area contributed by atoms with Crippen molar-refractivity contribution in [1.29, 1.82) is 0 Å². The Balaban J connectivity index is 1.79. The highest BCUT2D eigenvalue weighted by molar-refractivity contribution is 6.08. The second-order valence-electron chi connectivity index (χ2n) is 7.46. The molecule has 2 aromatic rings. The number of fused-ring (bicyclic) bond motifs is 1. The van der Waals surface area contributed by atoms with Crippen LogP contribution < -0.4 is 21.3 Å². The Morgan fingerprint density at radius 2 is 2.00 bits per heavy atom. The molecular weight excluding hydrogens is 405 g/mol. The number of rotatable bonds is 9. The van der Waals surface area contributed by atoms with Crippen molar-refractivity contribution in [1.82, 2.24) is 26.3 Å². The molecule has 32 heavy (non-hydrogen) atoms. The molecule has 3 rings (SSSR count). The van der Waals surface area contributed by atoms with Crippen LogP contribution >= 0.6 is 0 Å². The van der Waals surface area contributed by atoms with Crippen LogP contribution in [0.15, 0.2) is 75.6 Å². The zero-order valence-electron chi connectivity index (χ0n) is 19.1. The molecule has 0 fully saturated rings. The lowest BCUT2D eigenvalue weighted by Crippen LogP contribution is -2.31. The van der Waals surface area contributed by atoms with Gasteiger partial charge in [0, 0.05) is 56.6 Å². The number of aromatic amines is 1. The van der Waals surface area contributed by atoms with Crippen molar-refractivity contribution >= 4 is 22.5 Å². The van der Waals surface area contributed by atoms with Crippen LogP contribution in [0.4, 0.5) is 4.39 Å². The van der Waals surface area contributed by atoms with Gasteiger partial charge in [-0.15, -0.1) is 0 Å². The third kappa shape index (κ3) is 5.57. The molecule has 0 atom stereocenters. The quantitative estimate of drug-likeness (QED) is 0.308. The fourth-order valence-corrected chi connectivity index (χ4v) is 3.70. The van der Waals surface area contributed by atoms with Gasteiger partial charge in [0.2, 0.25) is 0 Å². The summed E-state index contributed by atoms with van der Waals surface area (Å²) in [5, 5.41) is 14.0. The number of allylic oxidation sites excluding steroid dienone is 2. The van der Waals surface area contributed by atoms with Crippen molar-refractivity contribution in [3.05, 3.63) is 71.2 Å². The van der Waals surface area contributed by atoms with Crippen LogP contribution in [0.3, 0.4) is 0 Å². The van der Waals surface area contributed by atoms with E-state index in [1.165, 1.54) is 23.9 Å². The summed E-state index contributed by atoms with van der Waals surface area (Å²) in [4.78, 5) is 12.8. The lowest BCUT2D eigenvalue weighted by molar-refractivity contribution is 0.640. The van der Waals surface area contributed by atoms with E-state index in [1.54, 1.807) is 13.2 Å². The maximum atomic E-state index is 13.7. The highest BCUT2D eigenvalue weighted by Crippen LogP contribution is 2.19. The number of hydrogen-bond donors (Lipinski definition) is 5. The Hall–Kier alpha value is -3.55.